The van der Waals surface area contributed by atoms with Crippen LogP contribution in [0.25, 0.3) is 0 Å². The third-order valence-electron chi connectivity index (χ3n) is 4.74. The lowest BCUT2D eigenvalue weighted by Gasteiger charge is -2.41. The minimum absolute atomic E-state index is 0.00176. The summed E-state index contributed by atoms with van der Waals surface area (Å²) in [6.07, 6.45) is 3.45. The van der Waals surface area contributed by atoms with Crippen LogP contribution in [0.3, 0.4) is 0 Å². The number of fused-ring (bicyclic) bond motifs is 2. The van der Waals surface area contributed by atoms with Gasteiger partial charge in [0.25, 0.3) is 0 Å². The van der Waals surface area contributed by atoms with Gasteiger partial charge in [-0.25, -0.2) is 0 Å². The van der Waals surface area contributed by atoms with E-state index in [0.717, 1.165) is 12.8 Å². The van der Waals surface area contributed by atoms with E-state index >= 15 is 0 Å². The molecule has 4 heteroatoms. The Balaban J connectivity index is 1.91. The summed E-state index contributed by atoms with van der Waals surface area (Å²) in [6, 6.07) is 5.27. The van der Waals surface area contributed by atoms with Gasteiger partial charge in [0.2, 0.25) is 0 Å². The van der Waals surface area contributed by atoms with Gasteiger partial charge in [-0.1, -0.05) is 6.07 Å². The smallest absolute Gasteiger partial charge is 0.311 e. The fourth-order valence-electron chi connectivity index (χ4n) is 3.82. The number of hydrogen-bond acceptors (Lipinski definition) is 4. The minimum Gasteiger partial charge on any atom is -0.466 e. The third kappa shape index (κ3) is 2.21. The highest BCUT2D eigenvalue weighted by Gasteiger charge is 2.49. The van der Waals surface area contributed by atoms with E-state index in [-0.39, 0.29) is 11.9 Å². The molecule has 2 fully saturated rings. The van der Waals surface area contributed by atoms with E-state index in [0.29, 0.717) is 24.6 Å². The first-order valence-corrected chi connectivity index (χ1v) is 8.02. The second-order valence-corrected chi connectivity index (χ2v) is 6.58. The summed E-state index contributed by atoms with van der Waals surface area (Å²) in [5.74, 6) is 0.369. The van der Waals surface area contributed by atoms with E-state index < -0.39 is 0 Å². The molecule has 1 aromatic heterocycles. The predicted octanol–water partition coefficient (Wildman–Crippen LogP) is 2.88. The molecule has 4 atom stereocenters. The number of rotatable bonds is 3. The van der Waals surface area contributed by atoms with E-state index in [4.69, 9.17) is 4.74 Å². The van der Waals surface area contributed by atoms with Crippen molar-refractivity contribution in [3.8, 4) is 0 Å². The topological polar surface area (TPSA) is 29.5 Å². The molecule has 1 aromatic rings. The molecule has 2 aliphatic rings. The molecule has 3 unspecified atom stereocenters. The molecule has 0 aromatic carbocycles. The Morgan fingerprint density at radius 3 is 3.05 bits per heavy atom. The first-order chi connectivity index (χ1) is 9.22. The molecule has 0 saturated carbocycles. The van der Waals surface area contributed by atoms with E-state index in [1.54, 1.807) is 11.3 Å². The zero-order valence-corrected chi connectivity index (χ0v) is 12.4. The van der Waals surface area contributed by atoms with Gasteiger partial charge in [0.15, 0.2) is 0 Å². The van der Waals surface area contributed by atoms with Crippen molar-refractivity contribution < 1.29 is 9.53 Å². The fraction of sp³-hybridized carbons (Fsp3) is 0.667. The summed E-state index contributed by atoms with van der Waals surface area (Å²) < 4.78 is 5.35. The zero-order valence-electron chi connectivity index (χ0n) is 11.5. The third-order valence-corrected chi connectivity index (χ3v) is 5.74. The SMILES string of the molecule is CCOC(=O)C1C2CCC(C[C@@H]1c1cccs1)N2C. The average molecular weight is 279 g/mol. The molecule has 0 radical (unpaired) electrons. The molecule has 0 N–H and O–H groups in total. The second kappa shape index (κ2) is 5.25. The maximum absolute atomic E-state index is 12.4. The zero-order chi connectivity index (χ0) is 13.4. The van der Waals surface area contributed by atoms with E-state index in [2.05, 4.69) is 29.5 Å². The Morgan fingerprint density at radius 1 is 1.53 bits per heavy atom. The van der Waals surface area contributed by atoms with Crippen LogP contribution in [0.1, 0.15) is 37.0 Å². The summed E-state index contributed by atoms with van der Waals surface area (Å²) in [6.45, 7) is 2.37. The van der Waals surface area contributed by atoms with Gasteiger partial charge in [0.1, 0.15) is 0 Å². The monoisotopic (exact) mass is 279 g/mol. The first-order valence-electron chi connectivity index (χ1n) is 7.14. The Bertz CT molecular complexity index is 445. The fourth-order valence-corrected chi connectivity index (χ4v) is 4.71. The van der Waals surface area contributed by atoms with Crippen LogP contribution >= 0.6 is 11.3 Å². The van der Waals surface area contributed by atoms with E-state index in [1.165, 1.54) is 11.3 Å². The van der Waals surface area contributed by atoms with Gasteiger partial charge in [-0.05, 0) is 44.7 Å². The standard InChI is InChI=1S/C15H21NO2S/c1-3-18-15(17)14-11(13-5-4-8-19-13)9-10-6-7-12(14)16(10)2/h4-5,8,10-12,14H,3,6-7,9H2,1-2H3/t10?,11-,12?,14?/m1/s1. The average Bonchev–Trinajstić information content (AvgIpc) is 2.97. The molecule has 0 aliphatic carbocycles. The van der Waals surface area contributed by atoms with Gasteiger partial charge in [-0.15, -0.1) is 11.3 Å². The Labute approximate surface area is 118 Å². The highest BCUT2D eigenvalue weighted by atomic mass is 32.1. The molecule has 0 amide bonds. The highest BCUT2D eigenvalue weighted by molar-refractivity contribution is 7.10. The largest absolute Gasteiger partial charge is 0.466 e. The van der Waals surface area contributed by atoms with Crippen molar-refractivity contribution in [3.05, 3.63) is 22.4 Å². The molecule has 3 nitrogen and oxygen atoms in total. The van der Waals surface area contributed by atoms with Crippen LogP contribution in [0.4, 0.5) is 0 Å². The van der Waals surface area contributed by atoms with Crippen molar-refractivity contribution in [3.63, 3.8) is 0 Å². The van der Waals surface area contributed by atoms with Gasteiger partial charge in [0, 0.05) is 22.9 Å². The summed E-state index contributed by atoms with van der Waals surface area (Å²) >= 11 is 1.78. The maximum Gasteiger partial charge on any atom is 0.311 e. The molecule has 2 aliphatic heterocycles. The van der Waals surface area contributed by atoms with Crippen LogP contribution in [0.5, 0.6) is 0 Å². The maximum atomic E-state index is 12.4. The number of carbonyl (C=O) groups is 1. The Hall–Kier alpha value is -0.870. The van der Waals surface area contributed by atoms with Gasteiger partial charge < -0.3 is 4.74 Å². The number of thiophene rings is 1. The highest BCUT2D eigenvalue weighted by Crippen LogP contribution is 2.47. The van der Waals surface area contributed by atoms with Gasteiger partial charge in [-0.3, -0.25) is 9.69 Å². The minimum atomic E-state index is -0.00176. The summed E-state index contributed by atoms with van der Waals surface area (Å²) in [4.78, 5) is 16.2. The molecule has 2 saturated heterocycles. The predicted molar refractivity (Wildman–Crippen MR) is 76.4 cm³/mol. The number of nitrogens with zero attached hydrogens (tertiary/aromatic N) is 1. The summed E-state index contributed by atoms with van der Waals surface area (Å²) in [7, 11) is 2.17. The number of hydrogen-bond donors (Lipinski definition) is 0. The van der Waals surface area contributed by atoms with Crippen molar-refractivity contribution in [1.29, 1.82) is 0 Å². The van der Waals surface area contributed by atoms with Crippen LogP contribution in [-0.2, 0) is 9.53 Å². The summed E-state index contributed by atoms with van der Waals surface area (Å²) in [5, 5.41) is 2.11. The first kappa shape index (κ1) is 13.1. The number of carbonyl (C=O) groups excluding carboxylic acids is 1. The second-order valence-electron chi connectivity index (χ2n) is 5.60. The van der Waals surface area contributed by atoms with Gasteiger partial charge in [0.05, 0.1) is 12.5 Å². The van der Waals surface area contributed by atoms with Crippen molar-refractivity contribution in [2.24, 2.45) is 5.92 Å². The quantitative estimate of drug-likeness (QED) is 0.797. The molecule has 3 rings (SSSR count). The van der Waals surface area contributed by atoms with Crippen LogP contribution in [-0.4, -0.2) is 36.6 Å². The van der Waals surface area contributed by atoms with Gasteiger partial charge in [-0.2, -0.15) is 0 Å². The Kier molecular flexibility index (Phi) is 3.63. The lowest BCUT2D eigenvalue weighted by molar-refractivity contribution is -0.152. The van der Waals surface area contributed by atoms with Crippen LogP contribution in [0.15, 0.2) is 17.5 Å². The lowest BCUT2D eigenvalue weighted by atomic mass is 9.79. The molecular weight excluding hydrogens is 258 g/mol. The van der Waals surface area contributed by atoms with Gasteiger partial charge >= 0.3 is 5.97 Å². The Morgan fingerprint density at radius 2 is 2.37 bits per heavy atom. The molecular formula is C15H21NO2S. The number of ether oxygens (including phenoxy) is 1. The molecule has 3 heterocycles. The number of piperidine rings is 1. The molecule has 19 heavy (non-hydrogen) atoms. The van der Waals surface area contributed by atoms with Crippen molar-refractivity contribution >= 4 is 17.3 Å². The molecule has 0 spiro atoms. The van der Waals surface area contributed by atoms with Crippen LogP contribution < -0.4 is 0 Å². The normalized spacial score (nSPS) is 34.4. The van der Waals surface area contributed by atoms with Crippen LogP contribution in [0, 0.1) is 5.92 Å². The summed E-state index contributed by atoms with van der Waals surface area (Å²) in [5.41, 5.74) is 0. The van der Waals surface area contributed by atoms with Crippen molar-refractivity contribution in [2.75, 3.05) is 13.7 Å². The van der Waals surface area contributed by atoms with Crippen molar-refractivity contribution in [2.45, 2.75) is 44.2 Å². The molecule has 2 bridgehead atoms. The number of esters is 1. The lowest BCUT2D eigenvalue weighted by Crippen LogP contribution is -2.49. The van der Waals surface area contributed by atoms with Crippen LogP contribution in [0.2, 0.25) is 0 Å². The van der Waals surface area contributed by atoms with Crippen molar-refractivity contribution in [1.82, 2.24) is 4.90 Å². The molecule has 104 valence electrons. The van der Waals surface area contributed by atoms with E-state index in [1.807, 2.05) is 6.92 Å². The van der Waals surface area contributed by atoms with E-state index in [9.17, 15) is 4.79 Å².